The van der Waals surface area contributed by atoms with Gasteiger partial charge in [-0.05, 0) is 36.5 Å². The fourth-order valence-corrected chi connectivity index (χ4v) is 2.61. The Bertz CT molecular complexity index is 310. The van der Waals surface area contributed by atoms with Gasteiger partial charge >= 0.3 is 0 Å². The van der Waals surface area contributed by atoms with Gasteiger partial charge in [0.25, 0.3) is 0 Å². The van der Waals surface area contributed by atoms with Gasteiger partial charge in [0.05, 0.1) is 6.61 Å². The van der Waals surface area contributed by atoms with Crippen molar-refractivity contribution in [3.05, 3.63) is 29.8 Å². The second-order valence-electron chi connectivity index (χ2n) is 4.83. The van der Waals surface area contributed by atoms with Gasteiger partial charge in [-0.3, -0.25) is 0 Å². The first-order valence-electron chi connectivity index (χ1n) is 6.74. The van der Waals surface area contributed by atoms with E-state index in [4.69, 9.17) is 9.84 Å². The molecule has 0 unspecified atom stereocenters. The lowest BCUT2D eigenvalue weighted by molar-refractivity contribution is 0.201. The molecule has 0 aliphatic heterocycles. The highest BCUT2D eigenvalue weighted by atomic mass is 16.5. The van der Waals surface area contributed by atoms with Gasteiger partial charge in [0.2, 0.25) is 0 Å². The molecule has 17 heavy (non-hydrogen) atoms. The van der Waals surface area contributed by atoms with Gasteiger partial charge in [-0.1, -0.05) is 37.8 Å². The van der Waals surface area contributed by atoms with E-state index in [2.05, 4.69) is 12.1 Å². The standard InChI is InChI=1S/C15H22O2/c16-11-12-17-15-9-7-14(8-10-15)13-5-3-1-2-4-6-13/h7-10,13,16H,1-6,11-12H2. The second kappa shape index (κ2) is 6.65. The van der Waals surface area contributed by atoms with Gasteiger partial charge in [0.15, 0.2) is 0 Å². The summed E-state index contributed by atoms with van der Waals surface area (Å²) in [6.45, 7) is 0.452. The number of aliphatic hydroxyl groups is 1. The van der Waals surface area contributed by atoms with E-state index in [1.165, 1.54) is 44.1 Å². The van der Waals surface area contributed by atoms with Crippen molar-refractivity contribution in [3.8, 4) is 5.75 Å². The van der Waals surface area contributed by atoms with E-state index in [1.54, 1.807) is 0 Å². The minimum Gasteiger partial charge on any atom is -0.491 e. The van der Waals surface area contributed by atoms with Crippen molar-refractivity contribution in [1.82, 2.24) is 0 Å². The third-order valence-electron chi connectivity index (χ3n) is 3.57. The fraction of sp³-hybridized carbons (Fsp3) is 0.600. The van der Waals surface area contributed by atoms with E-state index < -0.39 is 0 Å². The van der Waals surface area contributed by atoms with Crippen molar-refractivity contribution < 1.29 is 9.84 Å². The Morgan fingerprint density at radius 3 is 2.24 bits per heavy atom. The highest BCUT2D eigenvalue weighted by Gasteiger charge is 2.13. The van der Waals surface area contributed by atoms with E-state index in [0.717, 1.165) is 11.7 Å². The Morgan fingerprint density at radius 2 is 1.65 bits per heavy atom. The highest BCUT2D eigenvalue weighted by Crippen LogP contribution is 2.32. The van der Waals surface area contributed by atoms with Crippen molar-refractivity contribution in [3.63, 3.8) is 0 Å². The van der Waals surface area contributed by atoms with Crippen LogP contribution in [0, 0.1) is 0 Å². The maximum absolute atomic E-state index is 8.69. The summed E-state index contributed by atoms with van der Waals surface area (Å²) in [4.78, 5) is 0. The van der Waals surface area contributed by atoms with Crippen molar-refractivity contribution in [2.45, 2.75) is 44.4 Å². The SMILES string of the molecule is OCCOc1ccc(C2CCCCCC2)cc1. The number of ether oxygens (including phenoxy) is 1. The Labute approximate surface area is 104 Å². The topological polar surface area (TPSA) is 29.5 Å². The molecule has 0 saturated heterocycles. The van der Waals surface area contributed by atoms with Crippen LogP contribution in [-0.4, -0.2) is 18.3 Å². The molecule has 1 aromatic carbocycles. The van der Waals surface area contributed by atoms with Crippen LogP contribution in [0.2, 0.25) is 0 Å². The first-order valence-corrected chi connectivity index (χ1v) is 6.74. The summed E-state index contributed by atoms with van der Waals surface area (Å²) in [7, 11) is 0. The summed E-state index contributed by atoms with van der Waals surface area (Å²) in [6, 6.07) is 8.41. The number of hydrogen-bond donors (Lipinski definition) is 1. The molecule has 2 rings (SSSR count). The average molecular weight is 234 g/mol. The van der Waals surface area contributed by atoms with Crippen LogP contribution in [0.5, 0.6) is 5.75 Å². The molecule has 0 radical (unpaired) electrons. The van der Waals surface area contributed by atoms with Gasteiger partial charge in [-0.15, -0.1) is 0 Å². The summed E-state index contributed by atoms with van der Waals surface area (Å²) in [5.41, 5.74) is 1.45. The molecule has 1 aliphatic rings. The quantitative estimate of drug-likeness (QED) is 0.808. The van der Waals surface area contributed by atoms with E-state index in [1.807, 2.05) is 12.1 Å². The molecular weight excluding hydrogens is 212 g/mol. The molecule has 0 atom stereocenters. The smallest absolute Gasteiger partial charge is 0.119 e. The second-order valence-corrected chi connectivity index (χ2v) is 4.83. The molecule has 0 amide bonds. The maximum Gasteiger partial charge on any atom is 0.119 e. The largest absolute Gasteiger partial charge is 0.491 e. The summed E-state index contributed by atoms with van der Waals surface area (Å²) >= 11 is 0. The van der Waals surface area contributed by atoms with Crippen LogP contribution < -0.4 is 4.74 Å². The zero-order chi connectivity index (χ0) is 11.9. The Morgan fingerprint density at radius 1 is 1.00 bits per heavy atom. The average Bonchev–Trinajstić information content (AvgIpc) is 2.66. The van der Waals surface area contributed by atoms with E-state index in [9.17, 15) is 0 Å². The third-order valence-corrected chi connectivity index (χ3v) is 3.57. The lowest BCUT2D eigenvalue weighted by Gasteiger charge is -2.15. The summed E-state index contributed by atoms with van der Waals surface area (Å²) < 4.78 is 5.37. The molecule has 1 aromatic rings. The van der Waals surface area contributed by atoms with Crippen LogP contribution >= 0.6 is 0 Å². The summed E-state index contributed by atoms with van der Waals surface area (Å²) in [5.74, 6) is 1.60. The molecular formula is C15H22O2. The van der Waals surface area contributed by atoms with Crippen LogP contribution in [-0.2, 0) is 0 Å². The monoisotopic (exact) mass is 234 g/mol. The van der Waals surface area contributed by atoms with Crippen LogP contribution in [0.1, 0.15) is 50.0 Å². The van der Waals surface area contributed by atoms with Gasteiger partial charge in [-0.2, -0.15) is 0 Å². The van der Waals surface area contributed by atoms with E-state index in [-0.39, 0.29) is 6.61 Å². The molecule has 94 valence electrons. The zero-order valence-electron chi connectivity index (χ0n) is 10.4. The predicted octanol–water partition coefficient (Wildman–Crippen LogP) is 3.50. The highest BCUT2D eigenvalue weighted by molar-refractivity contribution is 5.29. The molecule has 0 spiro atoms. The normalized spacial score (nSPS) is 17.7. The van der Waals surface area contributed by atoms with Crippen LogP contribution in [0.15, 0.2) is 24.3 Å². The molecule has 1 aliphatic carbocycles. The summed E-state index contributed by atoms with van der Waals surface area (Å²) in [6.07, 6.45) is 8.19. The summed E-state index contributed by atoms with van der Waals surface area (Å²) in [5, 5.41) is 8.69. The van der Waals surface area contributed by atoms with Gasteiger partial charge in [0.1, 0.15) is 12.4 Å². The molecule has 1 saturated carbocycles. The minimum atomic E-state index is 0.0738. The van der Waals surface area contributed by atoms with E-state index >= 15 is 0 Å². The van der Waals surface area contributed by atoms with Gasteiger partial charge in [0, 0.05) is 0 Å². The van der Waals surface area contributed by atoms with Crippen LogP contribution in [0.3, 0.4) is 0 Å². The third kappa shape index (κ3) is 3.74. The van der Waals surface area contributed by atoms with Crippen molar-refractivity contribution >= 4 is 0 Å². The first kappa shape index (κ1) is 12.4. The lowest BCUT2D eigenvalue weighted by atomic mass is 9.92. The molecule has 2 nitrogen and oxygen atoms in total. The lowest BCUT2D eigenvalue weighted by Crippen LogP contribution is -2.02. The van der Waals surface area contributed by atoms with Gasteiger partial charge in [-0.25, -0.2) is 0 Å². The molecule has 2 heteroatoms. The number of hydrogen-bond acceptors (Lipinski definition) is 2. The van der Waals surface area contributed by atoms with Crippen molar-refractivity contribution in [2.24, 2.45) is 0 Å². The van der Waals surface area contributed by atoms with Crippen molar-refractivity contribution in [2.75, 3.05) is 13.2 Å². The van der Waals surface area contributed by atoms with Crippen LogP contribution in [0.4, 0.5) is 0 Å². The molecule has 0 aromatic heterocycles. The Kier molecular flexibility index (Phi) is 4.87. The number of benzene rings is 1. The first-order chi connectivity index (χ1) is 8.40. The van der Waals surface area contributed by atoms with Crippen LogP contribution in [0.25, 0.3) is 0 Å². The van der Waals surface area contributed by atoms with Gasteiger partial charge < -0.3 is 9.84 Å². The van der Waals surface area contributed by atoms with Crippen molar-refractivity contribution in [1.29, 1.82) is 0 Å². The number of rotatable bonds is 4. The zero-order valence-corrected chi connectivity index (χ0v) is 10.4. The van der Waals surface area contributed by atoms with E-state index in [0.29, 0.717) is 6.61 Å². The molecule has 0 heterocycles. The predicted molar refractivity (Wildman–Crippen MR) is 69.5 cm³/mol. The Balaban J connectivity index is 1.96. The Hall–Kier alpha value is -1.02. The molecule has 1 fully saturated rings. The fourth-order valence-electron chi connectivity index (χ4n) is 2.61. The molecule has 0 bridgehead atoms. The minimum absolute atomic E-state index is 0.0738. The molecule has 1 N–H and O–H groups in total. The number of aliphatic hydroxyl groups excluding tert-OH is 1. The maximum atomic E-state index is 8.69.